The number of ether oxygens (including phenoxy) is 5. The molecule has 0 aliphatic carbocycles. The van der Waals surface area contributed by atoms with Gasteiger partial charge < -0.3 is 29.4 Å². The van der Waals surface area contributed by atoms with Crippen LogP contribution in [0.1, 0.15) is 10.4 Å². The van der Waals surface area contributed by atoms with Crippen LogP contribution in [0.25, 0.3) is 11.1 Å². The monoisotopic (exact) mass is 512 g/mol. The molecule has 3 aromatic carbocycles. The smallest absolute Gasteiger partial charge is 0.337 e. The predicted octanol–water partition coefficient (Wildman–Crippen LogP) is 4.52. The zero-order valence-electron chi connectivity index (χ0n) is 20.5. The first-order valence-electron chi connectivity index (χ1n) is 12.0. The van der Waals surface area contributed by atoms with Crippen molar-refractivity contribution in [2.45, 2.75) is 0 Å². The highest BCUT2D eigenvalue weighted by atomic mass is 16.6. The van der Waals surface area contributed by atoms with Crippen molar-refractivity contribution in [3.63, 3.8) is 0 Å². The van der Waals surface area contributed by atoms with E-state index in [2.05, 4.69) is 9.97 Å². The molecule has 0 radical (unpaired) electrons. The number of benzene rings is 3. The Morgan fingerprint density at radius 1 is 0.816 bits per heavy atom. The highest BCUT2D eigenvalue weighted by Crippen LogP contribution is 2.45. The number of esters is 1. The Hall–Kier alpha value is -4.99. The minimum absolute atomic E-state index is 0.106. The molecule has 192 valence electrons. The van der Waals surface area contributed by atoms with Crippen LogP contribution in [0, 0.1) is 0 Å². The highest BCUT2D eigenvalue weighted by molar-refractivity contribution is 5.91. The van der Waals surface area contributed by atoms with E-state index in [1.54, 1.807) is 18.3 Å². The number of fused-ring (bicyclic) bond motifs is 2. The minimum Gasteiger partial charge on any atom is -0.486 e. The summed E-state index contributed by atoms with van der Waals surface area (Å²) in [6.07, 6.45) is 1.66. The molecule has 0 spiro atoms. The molecule has 0 saturated carbocycles. The first kappa shape index (κ1) is 23.4. The average molecular weight is 513 g/mol. The number of hydrogen-bond acceptors (Lipinski definition) is 10. The molecule has 38 heavy (non-hydrogen) atoms. The number of hydrogen-bond donors (Lipinski definition) is 1. The molecule has 2 N–H and O–H groups in total. The van der Waals surface area contributed by atoms with Crippen molar-refractivity contribution < 1.29 is 28.5 Å². The molecule has 2 aliphatic heterocycles. The quantitative estimate of drug-likeness (QED) is 0.382. The molecule has 0 saturated heterocycles. The SMILES string of the molecule is COC(=O)c1ccc(-c2cnc(N)nc2N(c2ccc3c(c2)OCCO3)c2ccc3c(c2)OCCO3)cc1. The number of nitrogen functional groups attached to an aromatic ring is 1. The second-order valence-electron chi connectivity index (χ2n) is 8.53. The molecule has 0 amide bonds. The van der Waals surface area contributed by atoms with Gasteiger partial charge in [-0.05, 0) is 42.0 Å². The second-order valence-corrected chi connectivity index (χ2v) is 8.53. The van der Waals surface area contributed by atoms with Gasteiger partial charge in [-0.3, -0.25) is 4.90 Å². The lowest BCUT2D eigenvalue weighted by atomic mass is 10.0. The first-order valence-corrected chi connectivity index (χ1v) is 12.0. The molecule has 4 aromatic rings. The third kappa shape index (κ3) is 4.36. The Balaban J connectivity index is 1.52. The molecule has 0 atom stereocenters. The summed E-state index contributed by atoms with van der Waals surface area (Å²) in [4.78, 5) is 22.8. The largest absolute Gasteiger partial charge is 0.486 e. The fourth-order valence-electron chi connectivity index (χ4n) is 4.40. The van der Waals surface area contributed by atoms with Crippen LogP contribution in [0.5, 0.6) is 23.0 Å². The van der Waals surface area contributed by atoms with E-state index in [0.717, 1.165) is 16.9 Å². The van der Waals surface area contributed by atoms with E-state index in [4.69, 9.17) is 29.4 Å². The summed E-state index contributed by atoms with van der Waals surface area (Å²) >= 11 is 0. The third-order valence-electron chi connectivity index (χ3n) is 6.18. The van der Waals surface area contributed by atoms with Crippen LogP contribution in [-0.4, -0.2) is 49.5 Å². The summed E-state index contributed by atoms with van der Waals surface area (Å²) < 4.78 is 28.0. The van der Waals surface area contributed by atoms with E-state index in [1.165, 1.54) is 7.11 Å². The van der Waals surface area contributed by atoms with Gasteiger partial charge in [-0.15, -0.1) is 0 Å². The molecule has 10 heteroatoms. The van der Waals surface area contributed by atoms with Crippen molar-refractivity contribution in [3.05, 3.63) is 72.4 Å². The minimum atomic E-state index is -0.417. The fraction of sp³-hybridized carbons (Fsp3) is 0.179. The van der Waals surface area contributed by atoms with E-state index < -0.39 is 5.97 Å². The van der Waals surface area contributed by atoms with Crippen molar-refractivity contribution in [2.75, 3.05) is 44.2 Å². The molecular weight excluding hydrogens is 488 g/mol. The number of anilines is 4. The number of nitrogens with zero attached hydrogens (tertiary/aromatic N) is 3. The molecule has 2 aliphatic rings. The lowest BCUT2D eigenvalue weighted by Gasteiger charge is -2.29. The highest BCUT2D eigenvalue weighted by Gasteiger charge is 2.24. The van der Waals surface area contributed by atoms with Crippen LogP contribution in [0.3, 0.4) is 0 Å². The van der Waals surface area contributed by atoms with Crippen molar-refractivity contribution >= 4 is 29.1 Å². The number of nitrogens with two attached hydrogens (primary N) is 1. The van der Waals surface area contributed by atoms with Crippen molar-refractivity contribution in [2.24, 2.45) is 0 Å². The molecule has 6 rings (SSSR count). The number of aromatic nitrogens is 2. The normalized spacial score (nSPS) is 13.5. The van der Waals surface area contributed by atoms with Crippen LogP contribution in [0.15, 0.2) is 66.9 Å². The van der Waals surface area contributed by atoms with Gasteiger partial charge in [0.1, 0.15) is 26.4 Å². The van der Waals surface area contributed by atoms with Gasteiger partial charge in [-0.1, -0.05) is 12.1 Å². The van der Waals surface area contributed by atoms with E-state index in [9.17, 15) is 4.79 Å². The summed E-state index contributed by atoms with van der Waals surface area (Å²) in [6, 6.07) is 18.4. The summed E-state index contributed by atoms with van der Waals surface area (Å²) in [5.74, 6) is 2.81. The second kappa shape index (κ2) is 9.81. The topological polar surface area (TPSA) is 118 Å². The maximum atomic E-state index is 12.0. The molecule has 10 nitrogen and oxygen atoms in total. The molecule has 0 unspecified atom stereocenters. The molecule has 1 aromatic heterocycles. The fourth-order valence-corrected chi connectivity index (χ4v) is 4.40. The lowest BCUT2D eigenvalue weighted by molar-refractivity contribution is 0.0600. The van der Waals surface area contributed by atoms with Gasteiger partial charge >= 0.3 is 5.97 Å². The standard InChI is InChI=1S/C28H24N4O6/c1-34-27(33)18-4-2-17(3-5-18)21-16-30-28(29)31-26(21)32(19-6-8-22-24(14-19)37-12-10-35-22)20-7-9-23-25(15-20)38-13-11-36-23/h2-9,14-16H,10-13H2,1H3,(H2,29,30,31). The molecule has 3 heterocycles. The van der Waals surface area contributed by atoms with Gasteiger partial charge in [-0.25, -0.2) is 9.78 Å². The van der Waals surface area contributed by atoms with E-state index in [0.29, 0.717) is 66.4 Å². The van der Waals surface area contributed by atoms with Crippen LogP contribution in [0.4, 0.5) is 23.1 Å². The number of methoxy groups -OCH3 is 1. The summed E-state index contributed by atoms with van der Waals surface area (Å²) in [5.41, 5.74) is 9.54. The first-order chi connectivity index (χ1) is 18.6. The van der Waals surface area contributed by atoms with Gasteiger partial charge in [0.2, 0.25) is 5.95 Å². The Morgan fingerprint density at radius 2 is 1.37 bits per heavy atom. The summed E-state index contributed by atoms with van der Waals surface area (Å²) in [7, 11) is 1.35. The predicted molar refractivity (Wildman–Crippen MR) is 140 cm³/mol. The van der Waals surface area contributed by atoms with Gasteiger partial charge in [0.05, 0.1) is 24.0 Å². The van der Waals surface area contributed by atoms with Gasteiger partial charge in [0, 0.05) is 23.9 Å². The van der Waals surface area contributed by atoms with Gasteiger partial charge in [0.25, 0.3) is 0 Å². The lowest BCUT2D eigenvalue weighted by Crippen LogP contribution is -2.19. The summed E-state index contributed by atoms with van der Waals surface area (Å²) in [6.45, 7) is 1.90. The van der Waals surface area contributed by atoms with Crippen molar-refractivity contribution in [1.82, 2.24) is 9.97 Å². The maximum Gasteiger partial charge on any atom is 0.337 e. The van der Waals surface area contributed by atoms with E-state index in [-0.39, 0.29) is 5.95 Å². The Labute approximate surface area is 218 Å². The van der Waals surface area contributed by atoms with Crippen molar-refractivity contribution in [1.29, 1.82) is 0 Å². The van der Waals surface area contributed by atoms with E-state index in [1.807, 2.05) is 53.4 Å². The van der Waals surface area contributed by atoms with Crippen LogP contribution in [0.2, 0.25) is 0 Å². The molecule has 0 fully saturated rings. The zero-order chi connectivity index (χ0) is 26.1. The average Bonchev–Trinajstić information content (AvgIpc) is 2.97. The Morgan fingerprint density at radius 3 is 1.92 bits per heavy atom. The number of carbonyl (C=O) groups is 1. The number of carbonyl (C=O) groups excluding carboxylic acids is 1. The molecular formula is C28H24N4O6. The van der Waals surface area contributed by atoms with Gasteiger partial charge in [0.15, 0.2) is 28.8 Å². The summed E-state index contributed by atoms with van der Waals surface area (Å²) in [5, 5.41) is 0. The van der Waals surface area contributed by atoms with E-state index >= 15 is 0 Å². The molecule has 0 bridgehead atoms. The van der Waals surface area contributed by atoms with Crippen molar-refractivity contribution in [3.8, 4) is 34.1 Å². The zero-order valence-corrected chi connectivity index (χ0v) is 20.5. The number of rotatable bonds is 5. The Kier molecular flexibility index (Phi) is 6.04. The van der Waals surface area contributed by atoms with Crippen LogP contribution < -0.4 is 29.6 Å². The maximum absolute atomic E-state index is 12.0. The van der Waals surface area contributed by atoms with Gasteiger partial charge in [-0.2, -0.15) is 4.98 Å². The van der Waals surface area contributed by atoms with Crippen LogP contribution in [-0.2, 0) is 4.74 Å². The third-order valence-corrected chi connectivity index (χ3v) is 6.18. The Bertz CT molecular complexity index is 1450. The van der Waals surface area contributed by atoms with Crippen LogP contribution >= 0.6 is 0 Å².